The van der Waals surface area contributed by atoms with E-state index in [0.717, 1.165) is 24.1 Å². The van der Waals surface area contributed by atoms with Crippen molar-refractivity contribution in [2.75, 3.05) is 18.5 Å². The van der Waals surface area contributed by atoms with Gasteiger partial charge in [0.05, 0.1) is 37.1 Å². The van der Waals surface area contributed by atoms with Crippen molar-refractivity contribution >= 4 is 23.5 Å². The first-order valence-electron chi connectivity index (χ1n) is 9.37. The molecular weight excluding hydrogens is 376 g/mol. The number of halogens is 1. The van der Waals surface area contributed by atoms with Crippen molar-refractivity contribution in [2.45, 2.75) is 38.4 Å². The van der Waals surface area contributed by atoms with E-state index >= 15 is 0 Å². The van der Waals surface area contributed by atoms with Gasteiger partial charge in [-0.2, -0.15) is 0 Å². The van der Waals surface area contributed by atoms with E-state index in [-0.39, 0.29) is 18.0 Å². The summed E-state index contributed by atoms with van der Waals surface area (Å²) in [4.78, 5) is 23.3. The molecule has 1 atom stereocenters. The number of nitrogens with one attached hydrogen (secondary N) is 1. The molecule has 0 saturated carbocycles. The Balaban J connectivity index is 1.34. The third-order valence-corrected chi connectivity index (χ3v) is 5.78. The summed E-state index contributed by atoms with van der Waals surface area (Å²) in [5.41, 5.74) is 4.83. The third kappa shape index (κ3) is 2.92. The van der Waals surface area contributed by atoms with E-state index in [0.29, 0.717) is 36.3 Å². The highest BCUT2D eigenvalue weighted by Crippen LogP contribution is 2.31. The van der Waals surface area contributed by atoms with Gasteiger partial charge in [-0.25, -0.2) is 9.97 Å². The van der Waals surface area contributed by atoms with E-state index in [2.05, 4.69) is 27.1 Å². The number of nitrogens with zero attached hydrogens (tertiary/aromatic N) is 3. The first-order chi connectivity index (χ1) is 13.6. The summed E-state index contributed by atoms with van der Waals surface area (Å²) in [6.45, 7) is 3.56. The maximum Gasteiger partial charge on any atom is 0.258 e. The van der Waals surface area contributed by atoms with Gasteiger partial charge in [-0.1, -0.05) is 17.5 Å². The number of carbonyl (C=O) groups is 1. The van der Waals surface area contributed by atoms with Crippen LogP contribution >= 0.6 is 11.6 Å². The van der Waals surface area contributed by atoms with Crippen molar-refractivity contribution in [2.24, 2.45) is 0 Å². The highest BCUT2D eigenvalue weighted by Gasteiger charge is 2.37. The minimum absolute atomic E-state index is 0.000505. The summed E-state index contributed by atoms with van der Waals surface area (Å²) in [5.74, 6) is 6.67. The SMILES string of the molecule is CC#Cc1cc(Cl)cc2c1CC(Nc1ncc3c(n1)CN(C1COC1)C3=O)C2. The molecule has 1 saturated heterocycles. The quantitative estimate of drug-likeness (QED) is 0.810. The van der Waals surface area contributed by atoms with E-state index in [1.807, 2.05) is 24.0 Å². The summed E-state index contributed by atoms with van der Waals surface area (Å²) in [7, 11) is 0. The Bertz CT molecular complexity index is 1040. The lowest BCUT2D eigenvalue weighted by Gasteiger charge is -2.34. The van der Waals surface area contributed by atoms with Crippen molar-refractivity contribution in [3.63, 3.8) is 0 Å². The predicted octanol–water partition coefficient (Wildman–Crippen LogP) is 2.44. The fraction of sp³-hybridized carbons (Fsp3) is 0.381. The van der Waals surface area contributed by atoms with Gasteiger partial charge in [-0.3, -0.25) is 4.79 Å². The van der Waals surface area contributed by atoms with E-state index in [9.17, 15) is 4.79 Å². The molecule has 1 unspecified atom stereocenters. The first-order valence-corrected chi connectivity index (χ1v) is 9.75. The zero-order valence-corrected chi connectivity index (χ0v) is 16.2. The van der Waals surface area contributed by atoms with Gasteiger partial charge in [0.1, 0.15) is 0 Å². The van der Waals surface area contributed by atoms with Crippen LogP contribution in [0.5, 0.6) is 0 Å². The van der Waals surface area contributed by atoms with Gasteiger partial charge in [0.2, 0.25) is 5.95 Å². The summed E-state index contributed by atoms with van der Waals surface area (Å²) in [6.07, 6.45) is 3.33. The van der Waals surface area contributed by atoms with Gasteiger partial charge in [0, 0.05) is 22.8 Å². The fourth-order valence-electron chi connectivity index (χ4n) is 4.10. The van der Waals surface area contributed by atoms with E-state index < -0.39 is 0 Å². The Morgan fingerprint density at radius 2 is 2.18 bits per heavy atom. The van der Waals surface area contributed by atoms with E-state index in [1.54, 1.807) is 6.20 Å². The number of amides is 1. The molecule has 3 aliphatic rings. The number of hydrogen-bond donors (Lipinski definition) is 1. The minimum atomic E-state index is 0.000505. The maximum absolute atomic E-state index is 12.5. The molecule has 28 heavy (non-hydrogen) atoms. The largest absolute Gasteiger partial charge is 0.377 e. The monoisotopic (exact) mass is 394 g/mol. The average Bonchev–Trinajstić information content (AvgIpc) is 3.15. The highest BCUT2D eigenvalue weighted by molar-refractivity contribution is 6.30. The Hall–Kier alpha value is -2.62. The molecule has 0 bridgehead atoms. The summed E-state index contributed by atoms with van der Waals surface area (Å²) in [6, 6.07) is 4.28. The van der Waals surface area contributed by atoms with Crippen molar-refractivity contribution in [1.82, 2.24) is 14.9 Å². The highest BCUT2D eigenvalue weighted by atomic mass is 35.5. The number of carbonyl (C=O) groups excluding carboxylic acids is 1. The maximum atomic E-state index is 12.5. The number of benzene rings is 1. The van der Waals surface area contributed by atoms with Crippen LogP contribution in [0.2, 0.25) is 5.02 Å². The molecule has 1 amide bonds. The van der Waals surface area contributed by atoms with Crippen molar-refractivity contribution in [3.8, 4) is 11.8 Å². The van der Waals surface area contributed by atoms with Crippen molar-refractivity contribution < 1.29 is 9.53 Å². The number of rotatable bonds is 3. The smallest absolute Gasteiger partial charge is 0.258 e. The number of anilines is 1. The zero-order chi connectivity index (χ0) is 19.3. The number of hydrogen-bond acceptors (Lipinski definition) is 5. The number of aromatic nitrogens is 2. The van der Waals surface area contributed by atoms with Gasteiger partial charge in [-0.05, 0) is 43.0 Å². The van der Waals surface area contributed by atoms with Crippen LogP contribution in [-0.2, 0) is 24.1 Å². The second-order valence-electron chi connectivity index (χ2n) is 7.39. The van der Waals surface area contributed by atoms with Gasteiger partial charge in [-0.15, -0.1) is 5.92 Å². The topological polar surface area (TPSA) is 67.3 Å². The molecule has 142 valence electrons. The third-order valence-electron chi connectivity index (χ3n) is 5.56. The second-order valence-corrected chi connectivity index (χ2v) is 7.83. The lowest BCUT2D eigenvalue weighted by Crippen LogP contribution is -2.48. The van der Waals surface area contributed by atoms with Crippen LogP contribution in [0.4, 0.5) is 5.95 Å². The lowest BCUT2D eigenvalue weighted by molar-refractivity contribution is -0.0542. The van der Waals surface area contributed by atoms with Crippen LogP contribution in [0.1, 0.15) is 39.7 Å². The zero-order valence-electron chi connectivity index (χ0n) is 15.5. The molecule has 1 fully saturated rings. The van der Waals surface area contributed by atoms with Gasteiger partial charge >= 0.3 is 0 Å². The number of fused-ring (bicyclic) bond motifs is 2. The van der Waals surface area contributed by atoms with E-state index in [1.165, 1.54) is 11.1 Å². The molecule has 0 spiro atoms. The number of ether oxygens (including phenoxy) is 1. The van der Waals surface area contributed by atoms with Crippen LogP contribution in [0, 0.1) is 11.8 Å². The first kappa shape index (κ1) is 17.5. The molecule has 6 nitrogen and oxygen atoms in total. The van der Waals surface area contributed by atoms with Crippen LogP contribution in [0.15, 0.2) is 18.3 Å². The molecule has 2 aliphatic heterocycles. The second kappa shape index (κ2) is 6.77. The van der Waals surface area contributed by atoms with Crippen LogP contribution in [-0.4, -0.2) is 46.1 Å². The van der Waals surface area contributed by atoms with Crippen molar-refractivity contribution in [3.05, 3.63) is 51.3 Å². The van der Waals surface area contributed by atoms with Crippen LogP contribution in [0.3, 0.4) is 0 Å². The van der Waals surface area contributed by atoms with Gasteiger partial charge in [0.15, 0.2) is 0 Å². The Morgan fingerprint density at radius 1 is 1.32 bits per heavy atom. The molecule has 1 aromatic heterocycles. The standard InChI is InChI=1S/C21H19ClN4O2/c1-2-3-12-4-14(22)5-13-6-15(7-17(12)13)24-21-23-8-18-19(25-21)9-26(20(18)27)16-10-28-11-16/h4-5,8,15-16H,6-7,9-11H2,1H3,(H,23,24,25). The molecular formula is C21H19ClN4O2. The Labute approximate surface area is 168 Å². The Kier molecular flexibility index (Phi) is 4.22. The molecule has 7 heteroatoms. The molecule has 3 heterocycles. The summed E-state index contributed by atoms with van der Waals surface area (Å²) >= 11 is 6.25. The van der Waals surface area contributed by atoms with Crippen LogP contribution in [0.25, 0.3) is 0 Å². The normalized spacial score (nSPS) is 20.3. The molecule has 0 radical (unpaired) electrons. The van der Waals surface area contributed by atoms with E-state index in [4.69, 9.17) is 16.3 Å². The molecule has 5 rings (SSSR count). The molecule has 1 aromatic carbocycles. The van der Waals surface area contributed by atoms with Gasteiger partial charge in [0.25, 0.3) is 5.91 Å². The average molecular weight is 395 g/mol. The molecule has 2 aromatic rings. The fourth-order valence-corrected chi connectivity index (χ4v) is 4.34. The predicted molar refractivity (Wildman–Crippen MR) is 105 cm³/mol. The summed E-state index contributed by atoms with van der Waals surface area (Å²) < 4.78 is 5.21. The minimum Gasteiger partial charge on any atom is -0.377 e. The molecule has 1 aliphatic carbocycles. The van der Waals surface area contributed by atoms with Crippen molar-refractivity contribution in [1.29, 1.82) is 0 Å². The summed E-state index contributed by atoms with van der Waals surface area (Å²) in [5, 5.41) is 4.14. The van der Waals surface area contributed by atoms with Crippen LogP contribution < -0.4 is 5.32 Å². The lowest BCUT2D eigenvalue weighted by atomic mass is 10.0. The van der Waals surface area contributed by atoms with Gasteiger partial charge < -0.3 is 15.0 Å². The molecule has 1 N–H and O–H groups in total. The Morgan fingerprint density at radius 3 is 2.93 bits per heavy atom.